The van der Waals surface area contributed by atoms with Crippen LogP contribution in [0.2, 0.25) is 0 Å². The second kappa shape index (κ2) is 8.96. The van der Waals surface area contributed by atoms with E-state index in [4.69, 9.17) is 5.73 Å². The van der Waals surface area contributed by atoms with Crippen LogP contribution in [0.15, 0.2) is 54.6 Å². The summed E-state index contributed by atoms with van der Waals surface area (Å²) in [6.45, 7) is 3.54. The summed E-state index contributed by atoms with van der Waals surface area (Å²) in [4.78, 5) is 26.7. The SMILES string of the molecule is CC(N)C1CCN(C(=O)CCC(=O)c2ccc(-c3ccccc3)cc2)CC1. The van der Waals surface area contributed by atoms with Gasteiger partial charge in [0.05, 0.1) is 0 Å². The van der Waals surface area contributed by atoms with E-state index in [0.29, 0.717) is 11.5 Å². The number of hydrogen-bond acceptors (Lipinski definition) is 3. The lowest BCUT2D eigenvalue weighted by Crippen LogP contribution is -2.42. The fourth-order valence-corrected chi connectivity index (χ4v) is 3.68. The molecule has 4 nitrogen and oxygen atoms in total. The number of ketones is 1. The average molecular weight is 364 g/mol. The van der Waals surface area contributed by atoms with Crippen LogP contribution in [0.1, 0.15) is 43.0 Å². The van der Waals surface area contributed by atoms with Gasteiger partial charge in [0.25, 0.3) is 0 Å². The Balaban J connectivity index is 1.50. The third kappa shape index (κ3) is 5.04. The van der Waals surface area contributed by atoms with Crippen molar-refractivity contribution in [3.63, 3.8) is 0 Å². The summed E-state index contributed by atoms with van der Waals surface area (Å²) in [6, 6.07) is 17.9. The van der Waals surface area contributed by atoms with Gasteiger partial charge in [-0.25, -0.2) is 0 Å². The van der Waals surface area contributed by atoms with Crippen LogP contribution < -0.4 is 5.73 Å². The first-order valence-corrected chi connectivity index (χ1v) is 9.76. The van der Waals surface area contributed by atoms with Crippen LogP contribution in [-0.2, 0) is 4.79 Å². The molecule has 27 heavy (non-hydrogen) atoms. The van der Waals surface area contributed by atoms with Gasteiger partial charge in [-0.05, 0) is 36.8 Å². The van der Waals surface area contributed by atoms with Crippen molar-refractivity contribution in [1.82, 2.24) is 4.90 Å². The molecule has 4 heteroatoms. The Morgan fingerprint density at radius 2 is 1.56 bits per heavy atom. The fourth-order valence-electron chi connectivity index (χ4n) is 3.68. The lowest BCUT2D eigenvalue weighted by atomic mass is 9.91. The Morgan fingerprint density at radius 3 is 2.15 bits per heavy atom. The molecule has 1 saturated heterocycles. The summed E-state index contributed by atoms with van der Waals surface area (Å²) >= 11 is 0. The van der Waals surface area contributed by atoms with Crippen LogP contribution in [0, 0.1) is 5.92 Å². The number of Topliss-reactive ketones (excluding diaryl/α,β-unsaturated/α-hetero) is 1. The molecule has 1 fully saturated rings. The molecular formula is C23H28N2O2. The Morgan fingerprint density at radius 1 is 0.963 bits per heavy atom. The maximum absolute atomic E-state index is 12.4. The molecule has 2 N–H and O–H groups in total. The van der Waals surface area contributed by atoms with Gasteiger partial charge in [-0.15, -0.1) is 0 Å². The molecule has 0 aromatic heterocycles. The molecular weight excluding hydrogens is 336 g/mol. The average Bonchev–Trinajstić information content (AvgIpc) is 2.72. The molecule has 1 heterocycles. The highest BCUT2D eigenvalue weighted by Crippen LogP contribution is 2.22. The molecule has 1 unspecified atom stereocenters. The minimum absolute atomic E-state index is 0.0217. The van der Waals surface area contributed by atoms with E-state index in [0.717, 1.165) is 37.1 Å². The highest BCUT2D eigenvalue weighted by atomic mass is 16.2. The maximum atomic E-state index is 12.4. The van der Waals surface area contributed by atoms with Crippen molar-refractivity contribution in [2.75, 3.05) is 13.1 Å². The minimum atomic E-state index is 0.0217. The predicted molar refractivity (Wildman–Crippen MR) is 108 cm³/mol. The molecule has 1 aliphatic heterocycles. The van der Waals surface area contributed by atoms with Gasteiger partial charge in [0.1, 0.15) is 0 Å². The molecule has 0 bridgehead atoms. The number of nitrogens with zero attached hydrogens (tertiary/aromatic N) is 1. The van der Waals surface area contributed by atoms with Gasteiger partial charge in [-0.3, -0.25) is 9.59 Å². The van der Waals surface area contributed by atoms with Crippen LogP contribution in [-0.4, -0.2) is 35.7 Å². The maximum Gasteiger partial charge on any atom is 0.223 e. The first-order valence-electron chi connectivity index (χ1n) is 9.76. The minimum Gasteiger partial charge on any atom is -0.343 e. The zero-order chi connectivity index (χ0) is 19.2. The third-order valence-electron chi connectivity index (χ3n) is 5.52. The van der Waals surface area contributed by atoms with Crippen LogP contribution in [0.3, 0.4) is 0 Å². The van der Waals surface area contributed by atoms with E-state index in [2.05, 4.69) is 0 Å². The van der Waals surface area contributed by atoms with E-state index in [9.17, 15) is 9.59 Å². The van der Waals surface area contributed by atoms with Crippen LogP contribution >= 0.6 is 0 Å². The molecule has 142 valence electrons. The number of likely N-dealkylation sites (tertiary alicyclic amines) is 1. The molecule has 0 aliphatic carbocycles. The summed E-state index contributed by atoms with van der Waals surface area (Å²) in [7, 11) is 0. The number of rotatable bonds is 6. The van der Waals surface area contributed by atoms with E-state index >= 15 is 0 Å². The van der Waals surface area contributed by atoms with Crippen LogP contribution in [0.4, 0.5) is 0 Å². The summed E-state index contributed by atoms with van der Waals surface area (Å²) in [6.07, 6.45) is 2.45. The van der Waals surface area contributed by atoms with E-state index in [1.54, 1.807) is 0 Å². The van der Waals surface area contributed by atoms with Gasteiger partial charge in [-0.2, -0.15) is 0 Å². The van der Waals surface area contributed by atoms with Crippen molar-refractivity contribution in [2.24, 2.45) is 11.7 Å². The quantitative estimate of drug-likeness (QED) is 0.791. The molecule has 0 radical (unpaired) electrons. The zero-order valence-corrected chi connectivity index (χ0v) is 15.9. The number of piperidine rings is 1. The molecule has 0 saturated carbocycles. The standard InChI is InChI=1S/C23H28N2O2/c1-17(24)18-13-15-25(16-14-18)23(27)12-11-22(26)21-9-7-20(8-10-21)19-5-3-2-4-6-19/h2-10,17-18H,11-16,24H2,1H3. The van der Waals surface area contributed by atoms with Gasteiger partial charge >= 0.3 is 0 Å². The predicted octanol–water partition coefficient (Wildman–Crippen LogP) is 3.90. The second-order valence-corrected chi connectivity index (χ2v) is 7.44. The number of hydrogen-bond donors (Lipinski definition) is 1. The third-order valence-corrected chi connectivity index (χ3v) is 5.52. The van der Waals surface area contributed by atoms with Crippen molar-refractivity contribution in [2.45, 2.75) is 38.6 Å². The van der Waals surface area contributed by atoms with Crippen molar-refractivity contribution < 1.29 is 9.59 Å². The Bertz CT molecular complexity index is 761. The molecule has 1 atom stereocenters. The molecule has 2 aromatic carbocycles. The molecule has 1 aliphatic rings. The van der Waals surface area contributed by atoms with E-state index in [-0.39, 0.29) is 30.6 Å². The van der Waals surface area contributed by atoms with Gasteiger partial charge in [0.2, 0.25) is 5.91 Å². The van der Waals surface area contributed by atoms with Crippen molar-refractivity contribution in [3.8, 4) is 11.1 Å². The largest absolute Gasteiger partial charge is 0.343 e. The number of amides is 1. The lowest BCUT2D eigenvalue weighted by molar-refractivity contribution is -0.132. The Hall–Kier alpha value is -2.46. The van der Waals surface area contributed by atoms with E-state index in [1.807, 2.05) is 66.4 Å². The van der Waals surface area contributed by atoms with E-state index < -0.39 is 0 Å². The van der Waals surface area contributed by atoms with Gasteiger partial charge in [0.15, 0.2) is 5.78 Å². The number of carbonyl (C=O) groups excluding carboxylic acids is 2. The summed E-state index contributed by atoms with van der Waals surface area (Å²) in [5.41, 5.74) is 8.83. The van der Waals surface area contributed by atoms with Gasteiger partial charge < -0.3 is 10.6 Å². The summed E-state index contributed by atoms with van der Waals surface area (Å²) in [5, 5.41) is 0. The summed E-state index contributed by atoms with van der Waals surface area (Å²) in [5.74, 6) is 0.597. The molecule has 2 aromatic rings. The zero-order valence-electron chi connectivity index (χ0n) is 15.9. The van der Waals surface area contributed by atoms with E-state index in [1.165, 1.54) is 0 Å². The molecule has 3 rings (SSSR count). The summed E-state index contributed by atoms with van der Waals surface area (Å²) < 4.78 is 0. The number of benzene rings is 2. The van der Waals surface area contributed by atoms with Gasteiger partial charge in [-0.1, -0.05) is 54.6 Å². The molecule has 1 amide bonds. The fraction of sp³-hybridized carbons (Fsp3) is 0.391. The second-order valence-electron chi connectivity index (χ2n) is 7.44. The monoisotopic (exact) mass is 364 g/mol. The smallest absolute Gasteiger partial charge is 0.223 e. The van der Waals surface area contributed by atoms with Crippen LogP contribution in [0.5, 0.6) is 0 Å². The normalized spacial score (nSPS) is 16.1. The first-order chi connectivity index (χ1) is 13.0. The Labute approximate surface area is 161 Å². The number of carbonyl (C=O) groups is 2. The lowest BCUT2D eigenvalue weighted by Gasteiger charge is -2.33. The van der Waals surface area contributed by atoms with Crippen molar-refractivity contribution >= 4 is 11.7 Å². The highest BCUT2D eigenvalue weighted by Gasteiger charge is 2.24. The van der Waals surface area contributed by atoms with Gasteiger partial charge in [0, 0.05) is 37.5 Å². The topological polar surface area (TPSA) is 63.4 Å². The Kier molecular flexibility index (Phi) is 6.40. The van der Waals surface area contributed by atoms with Crippen molar-refractivity contribution in [3.05, 3.63) is 60.2 Å². The first kappa shape index (κ1) is 19.3. The molecule has 0 spiro atoms. The van der Waals surface area contributed by atoms with Crippen molar-refractivity contribution in [1.29, 1.82) is 0 Å². The highest BCUT2D eigenvalue weighted by molar-refractivity contribution is 5.98. The number of nitrogens with two attached hydrogens (primary N) is 1. The van der Waals surface area contributed by atoms with Crippen LogP contribution in [0.25, 0.3) is 11.1 Å².